The van der Waals surface area contributed by atoms with E-state index in [4.69, 9.17) is 0 Å². The van der Waals surface area contributed by atoms with E-state index < -0.39 is 12.1 Å². The number of anilines is 1. The number of amides is 1. The molecular formula is C30H21F3N2O2. The van der Waals surface area contributed by atoms with Gasteiger partial charge in [0.05, 0.1) is 11.0 Å². The van der Waals surface area contributed by atoms with Gasteiger partial charge in [-0.25, -0.2) is 0 Å². The predicted molar refractivity (Wildman–Crippen MR) is 141 cm³/mol. The summed E-state index contributed by atoms with van der Waals surface area (Å²) in [5.74, 6) is -0.248. The Labute approximate surface area is 210 Å². The normalized spacial score (nSPS) is 10.9. The Balaban J connectivity index is 1.54. The number of nitrogens with one attached hydrogen (secondary N) is 1. The minimum atomic E-state index is -2.50. The van der Waals surface area contributed by atoms with Gasteiger partial charge in [0.2, 0.25) is 0 Å². The summed E-state index contributed by atoms with van der Waals surface area (Å²) < 4.78 is 44.4. The Morgan fingerprint density at radius 3 is 2.14 bits per heavy atom. The molecule has 0 saturated carbocycles. The van der Waals surface area contributed by atoms with E-state index >= 15 is 0 Å². The highest BCUT2D eigenvalue weighted by atomic mass is 19.3. The van der Waals surface area contributed by atoms with Crippen molar-refractivity contribution in [2.75, 3.05) is 5.32 Å². The summed E-state index contributed by atoms with van der Waals surface area (Å²) in [6.45, 7) is 5.32. The monoisotopic (exact) mass is 498 g/mol. The molecule has 1 amide bonds. The van der Waals surface area contributed by atoms with Crippen molar-refractivity contribution in [1.82, 2.24) is 4.57 Å². The third kappa shape index (κ3) is 4.71. The van der Waals surface area contributed by atoms with Gasteiger partial charge in [-0.2, -0.15) is 13.2 Å². The average molecular weight is 499 g/mol. The average Bonchev–Trinajstić information content (AvgIpc) is 3.23. The van der Waals surface area contributed by atoms with Gasteiger partial charge in [0.15, 0.2) is 0 Å². The van der Waals surface area contributed by atoms with Gasteiger partial charge >= 0.3 is 12.1 Å². The zero-order valence-corrected chi connectivity index (χ0v) is 19.8. The lowest BCUT2D eigenvalue weighted by Crippen LogP contribution is -2.11. The third-order valence-corrected chi connectivity index (χ3v) is 5.99. The number of para-hydroxylation sites is 1. The SMILES string of the molecule is C=C(C)C(=O)Nc1ccc(-n2c3ccccc3c3cc(-c4ccc(OC(F)=C(F)F)cc4)ccc32)cc1. The fourth-order valence-corrected chi connectivity index (χ4v) is 4.22. The summed E-state index contributed by atoms with van der Waals surface area (Å²) in [6.07, 6.45) is -2.50. The molecule has 5 rings (SSSR count). The first-order chi connectivity index (χ1) is 17.8. The van der Waals surface area contributed by atoms with Crippen LogP contribution in [0.3, 0.4) is 0 Å². The van der Waals surface area contributed by atoms with E-state index in [1.54, 1.807) is 19.1 Å². The molecule has 0 atom stereocenters. The number of halogens is 3. The molecular weight excluding hydrogens is 477 g/mol. The molecule has 0 unspecified atom stereocenters. The molecule has 7 heteroatoms. The van der Waals surface area contributed by atoms with Gasteiger partial charge in [-0.05, 0) is 72.6 Å². The number of benzene rings is 4. The minimum Gasteiger partial charge on any atom is -0.428 e. The van der Waals surface area contributed by atoms with Crippen LogP contribution in [0.2, 0.25) is 0 Å². The standard InChI is InChI=1S/C30H21F3N2O2/c1-18(2)30(36)34-21-10-12-22(13-11-21)35-26-6-4-3-5-24(26)25-17-20(9-16-27(25)35)19-7-14-23(15-8-19)37-29(33)28(31)32/h3-17H,1H2,2H3,(H,34,36). The van der Waals surface area contributed by atoms with Crippen molar-refractivity contribution < 1.29 is 22.7 Å². The highest BCUT2D eigenvalue weighted by molar-refractivity contribution is 6.10. The number of carbonyl (C=O) groups excluding carboxylic acids is 1. The second-order valence-corrected chi connectivity index (χ2v) is 8.53. The Morgan fingerprint density at radius 2 is 1.46 bits per heavy atom. The zero-order chi connectivity index (χ0) is 26.1. The van der Waals surface area contributed by atoms with E-state index in [9.17, 15) is 18.0 Å². The van der Waals surface area contributed by atoms with E-state index in [1.807, 2.05) is 54.6 Å². The smallest absolute Gasteiger partial charge is 0.344 e. The van der Waals surface area contributed by atoms with Crippen LogP contribution in [-0.2, 0) is 4.79 Å². The van der Waals surface area contributed by atoms with Crippen LogP contribution in [-0.4, -0.2) is 10.5 Å². The van der Waals surface area contributed by atoms with E-state index in [-0.39, 0.29) is 11.7 Å². The molecule has 5 aromatic rings. The van der Waals surface area contributed by atoms with Gasteiger partial charge in [0.25, 0.3) is 5.91 Å². The van der Waals surface area contributed by atoms with Gasteiger partial charge in [0, 0.05) is 27.7 Å². The molecule has 0 saturated heterocycles. The zero-order valence-electron chi connectivity index (χ0n) is 19.8. The van der Waals surface area contributed by atoms with Crippen LogP contribution in [0.25, 0.3) is 38.6 Å². The Kier molecular flexibility index (Phi) is 6.27. The summed E-state index contributed by atoms with van der Waals surface area (Å²) in [7, 11) is 0. The lowest BCUT2D eigenvalue weighted by molar-refractivity contribution is -0.112. The van der Waals surface area contributed by atoms with Gasteiger partial charge in [0.1, 0.15) is 5.75 Å². The Morgan fingerprint density at radius 1 is 0.811 bits per heavy atom. The molecule has 0 radical (unpaired) electrons. The number of aromatic nitrogens is 1. The fourth-order valence-electron chi connectivity index (χ4n) is 4.22. The molecule has 0 aliphatic rings. The van der Waals surface area contributed by atoms with Crippen molar-refractivity contribution in [3.05, 3.63) is 115 Å². The van der Waals surface area contributed by atoms with Crippen LogP contribution in [0.1, 0.15) is 6.92 Å². The number of carbonyl (C=O) groups is 1. The van der Waals surface area contributed by atoms with Crippen LogP contribution in [0.15, 0.2) is 115 Å². The summed E-state index contributed by atoms with van der Waals surface area (Å²) in [4.78, 5) is 11.9. The first-order valence-corrected chi connectivity index (χ1v) is 11.4. The van der Waals surface area contributed by atoms with Crippen LogP contribution in [0.4, 0.5) is 18.9 Å². The number of hydrogen-bond acceptors (Lipinski definition) is 2. The van der Waals surface area contributed by atoms with Crippen molar-refractivity contribution in [2.45, 2.75) is 6.92 Å². The quantitative estimate of drug-likeness (QED) is 0.189. The number of rotatable bonds is 6. The van der Waals surface area contributed by atoms with Crippen molar-refractivity contribution >= 4 is 33.4 Å². The molecule has 184 valence electrons. The maximum absolute atomic E-state index is 13.1. The van der Waals surface area contributed by atoms with E-state index in [0.29, 0.717) is 11.3 Å². The molecule has 0 aliphatic heterocycles. The topological polar surface area (TPSA) is 43.3 Å². The van der Waals surface area contributed by atoms with Gasteiger partial charge in [-0.15, -0.1) is 0 Å². The van der Waals surface area contributed by atoms with Crippen LogP contribution < -0.4 is 10.1 Å². The lowest BCUT2D eigenvalue weighted by atomic mass is 10.0. The molecule has 4 aromatic carbocycles. The number of hydrogen-bond donors (Lipinski definition) is 1. The number of ether oxygens (including phenoxy) is 1. The van der Waals surface area contributed by atoms with Gasteiger partial charge in [-0.1, -0.05) is 43.0 Å². The fraction of sp³-hybridized carbons (Fsp3) is 0.0333. The van der Waals surface area contributed by atoms with Gasteiger partial charge < -0.3 is 14.6 Å². The molecule has 0 bridgehead atoms. The van der Waals surface area contributed by atoms with Crippen molar-refractivity contribution in [3.8, 4) is 22.6 Å². The molecule has 1 aromatic heterocycles. The number of nitrogens with zero attached hydrogens (tertiary/aromatic N) is 1. The maximum atomic E-state index is 13.1. The maximum Gasteiger partial charge on any atom is 0.344 e. The Bertz CT molecular complexity index is 1680. The van der Waals surface area contributed by atoms with E-state index in [2.05, 4.69) is 33.3 Å². The van der Waals surface area contributed by atoms with Crippen molar-refractivity contribution in [1.29, 1.82) is 0 Å². The molecule has 1 N–H and O–H groups in total. The summed E-state index contributed by atoms with van der Waals surface area (Å²) in [5, 5.41) is 4.91. The summed E-state index contributed by atoms with van der Waals surface area (Å²) >= 11 is 0. The van der Waals surface area contributed by atoms with Crippen LogP contribution in [0, 0.1) is 0 Å². The highest BCUT2D eigenvalue weighted by Crippen LogP contribution is 2.35. The third-order valence-electron chi connectivity index (χ3n) is 5.99. The Hall–Kier alpha value is -4.78. The van der Waals surface area contributed by atoms with E-state index in [0.717, 1.165) is 38.6 Å². The largest absolute Gasteiger partial charge is 0.428 e. The first kappa shape index (κ1) is 23.9. The van der Waals surface area contributed by atoms with Gasteiger partial charge in [-0.3, -0.25) is 4.79 Å². The molecule has 37 heavy (non-hydrogen) atoms. The summed E-state index contributed by atoms with van der Waals surface area (Å²) in [5.41, 5.74) is 5.80. The minimum absolute atomic E-state index is 0.0189. The lowest BCUT2D eigenvalue weighted by Gasteiger charge is -2.10. The first-order valence-electron chi connectivity index (χ1n) is 11.4. The predicted octanol–water partition coefficient (Wildman–Crippen LogP) is 8.38. The molecule has 1 heterocycles. The van der Waals surface area contributed by atoms with Crippen molar-refractivity contribution in [3.63, 3.8) is 0 Å². The molecule has 0 aliphatic carbocycles. The second-order valence-electron chi connectivity index (χ2n) is 8.53. The highest BCUT2D eigenvalue weighted by Gasteiger charge is 2.14. The molecule has 4 nitrogen and oxygen atoms in total. The second kappa shape index (κ2) is 9.70. The van der Waals surface area contributed by atoms with Crippen LogP contribution in [0.5, 0.6) is 5.75 Å². The molecule has 0 spiro atoms. The summed E-state index contributed by atoms with van der Waals surface area (Å²) in [6, 6.07) is 26.1. The number of fused-ring (bicyclic) bond motifs is 3. The van der Waals surface area contributed by atoms with E-state index in [1.165, 1.54) is 12.1 Å². The van der Waals surface area contributed by atoms with Crippen LogP contribution >= 0.6 is 0 Å². The van der Waals surface area contributed by atoms with Crippen molar-refractivity contribution in [2.24, 2.45) is 0 Å². The molecule has 0 fully saturated rings.